The van der Waals surface area contributed by atoms with Crippen LogP contribution in [0.5, 0.6) is 5.75 Å². The van der Waals surface area contributed by atoms with Gasteiger partial charge in [0.15, 0.2) is 0 Å². The molecule has 3 nitrogen and oxygen atoms in total. The SMILES string of the molecule is CC(C)(C)c1cc([C@H](N)CCN)c(O)c(C(C)(C)C)c1.Cl. The topological polar surface area (TPSA) is 72.3 Å². The maximum absolute atomic E-state index is 10.6. The highest BCUT2D eigenvalue weighted by molar-refractivity contribution is 5.85. The molecule has 21 heavy (non-hydrogen) atoms. The second-order valence-corrected chi connectivity index (χ2v) is 7.65. The predicted octanol–water partition coefficient (Wildman–Crippen LogP) is 3.76. The fraction of sp³-hybridized carbons (Fsp3) is 0.647. The number of phenols is 1. The van der Waals surface area contributed by atoms with Crippen LogP contribution in [0.2, 0.25) is 0 Å². The number of benzene rings is 1. The Morgan fingerprint density at radius 3 is 1.95 bits per heavy atom. The van der Waals surface area contributed by atoms with E-state index in [9.17, 15) is 5.11 Å². The molecule has 5 N–H and O–H groups in total. The summed E-state index contributed by atoms with van der Waals surface area (Å²) in [5.41, 5.74) is 14.7. The van der Waals surface area contributed by atoms with Gasteiger partial charge < -0.3 is 16.6 Å². The van der Waals surface area contributed by atoms with Gasteiger partial charge in [0.25, 0.3) is 0 Å². The Kier molecular flexibility index (Phi) is 6.74. The van der Waals surface area contributed by atoms with Crippen molar-refractivity contribution in [1.29, 1.82) is 0 Å². The third kappa shape index (κ3) is 4.87. The highest BCUT2D eigenvalue weighted by Crippen LogP contribution is 2.39. The fourth-order valence-corrected chi connectivity index (χ4v) is 2.28. The van der Waals surface area contributed by atoms with Gasteiger partial charge >= 0.3 is 0 Å². The van der Waals surface area contributed by atoms with E-state index in [2.05, 4.69) is 47.6 Å². The molecular formula is C17H31ClN2O. The lowest BCUT2D eigenvalue weighted by atomic mass is 9.78. The van der Waals surface area contributed by atoms with Gasteiger partial charge in [0, 0.05) is 11.6 Å². The largest absolute Gasteiger partial charge is 0.507 e. The molecule has 0 radical (unpaired) electrons. The van der Waals surface area contributed by atoms with Crippen LogP contribution < -0.4 is 11.5 Å². The van der Waals surface area contributed by atoms with Crippen molar-refractivity contribution in [1.82, 2.24) is 0 Å². The van der Waals surface area contributed by atoms with Crippen molar-refractivity contribution >= 4 is 12.4 Å². The number of hydrogen-bond acceptors (Lipinski definition) is 3. The summed E-state index contributed by atoms with van der Waals surface area (Å²) in [6.45, 7) is 13.3. The van der Waals surface area contributed by atoms with E-state index in [1.165, 1.54) is 5.56 Å². The molecule has 0 aliphatic carbocycles. The summed E-state index contributed by atoms with van der Waals surface area (Å²) in [7, 11) is 0. The van der Waals surface area contributed by atoms with E-state index in [4.69, 9.17) is 11.5 Å². The van der Waals surface area contributed by atoms with Gasteiger partial charge in [-0.05, 0) is 41.0 Å². The Balaban J connectivity index is 0.00000400. The highest BCUT2D eigenvalue weighted by atomic mass is 35.5. The summed E-state index contributed by atoms with van der Waals surface area (Å²) in [6.07, 6.45) is 0.671. The van der Waals surface area contributed by atoms with Gasteiger partial charge in [0.1, 0.15) is 5.75 Å². The molecule has 4 heteroatoms. The van der Waals surface area contributed by atoms with Crippen LogP contribution >= 0.6 is 12.4 Å². The van der Waals surface area contributed by atoms with Gasteiger partial charge in [-0.2, -0.15) is 0 Å². The summed E-state index contributed by atoms with van der Waals surface area (Å²) in [4.78, 5) is 0. The molecule has 0 aliphatic heterocycles. The minimum Gasteiger partial charge on any atom is -0.507 e. The molecule has 0 unspecified atom stereocenters. The van der Waals surface area contributed by atoms with E-state index < -0.39 is 0 Å². The van der Waals surface area contributed by atoms with Gasteiger partial charge in [-0.1, -0.05) is 47.6 Å². The summed E-state index contributed by atoms with van der Waals surface area (Å²) in [5, 5.41) is 10.6. The van der Waals surface area contributed by atoms with E-state index >= 15 is 0 Å². The van der Waals surface area contributed by atoms with Gasteiger partial charge in [-0.3, -0.25) is 0 Å². The normalized spacial score (nSPS) is 13.7. The van der Waals surface area contributed by atoms with Crippen molar-refractivity contribution < 1.29 is 5.11 Å². The van der Waals surface area contributed by atoms with E-state index in [1.807, 2.05) is 6.07 Å². The molecule has 1 aromatic rings. The highest BCUT2D eigenvalue weighted by Gasteiger charge is 2.26. The third-order valence-electron chi connectivity index (χ3n) is 3.69. The number of aromatic hydroxyl groups is 1. The number of halogens is 1. The maximum atomic E-state index is 10.6. The second kappa shape index (κ2) is 6.99. The van der Waals surface area contributed by atoms with Gasteiger partial charge in [-0.25, -0.2) is 0 Å². The van der Waals surface area contributed by atoms with Crippen molar-refractivity contribution in [3.8, 4) is 5.75 Å². The molecule has 0 fully saturated rings. The molecule has 1 rings (SSSR count). The smallest absolute Gasteiger partial charge is 0.124 e. The Hall–Kier alpha value is -0.770. The molecule has 0 aromatic heterocycles. The Morgan fingerprint density at radius 1 is 1.05 bits per heavy atom. The van der Waals surface area contributed by atoms with Crippen LogP contribution in [-0.2, 0) is 10.8 Å². The lowest BCUT2D eigenvalue weighted by molar-refractivity contribution is 0.430. The molecule has 0 saturated carbocycles. The number of nitrogens with two attached hydrogens (primary N) is 2. The lowest BCUT2D eigenvalue weighted by Crippen LogP contribution is -2.21. The molecule has 122 valence electrons. The Bertz CT molecular complexity index is 473. The van der Waals surface area contributed by atoms with E-state index in [0.29, 0.717) is 18.7 Å². The Morgan fingerprint density at radius 2 is 1.57 bits per heavy atom. The van der Waals surface area contributed by atoms with Crippen molar-refractivity contribution in [2.75, 3.05) is 6.54 Å². The average Bonchev–Trinajstić information content (AvgIpc) is 2.26. The first-order valence-electron chi connectivity index (χ1n) is 7.32. The maximum Gasteiger partial charge on any atom is 0.124 e. The quantitative estimate of drug-likeness (QED) is 0.795. The molecule has 1 atom stereocenters. The molecular weight excluding hydrogens is 284 g/mol. The van der Waals surface area contributed by atoms with Crippen LogP contribution in [0.4, 0.5) is 0 Å². The molecule has 0 heterocycles. The predicted molar refractivity (Wildman–Crippen MR) is 93.4 cm³/mol. The van der Waals surface area contributed by atoms with Crippen LogP contribution in [0.3, 0.4) is 0 Å². The van der Waals surface area contributed by atoms with Crippen LogP contribution in [0.1, 0.15) is 70.7 Å². The molecule has 0 amide bonds. The summed E-state index contributed by atoms with van der Waals surface area (Å²) in [6, 6.07) is 3.92. The monoisotopic (exact) mass is 314 g/mol. The first-order valence-corrected chi connectivity index (χ1v) is 7.32. The van der Waals surface area contributed by atoms with Gasteiger partial charge in [-0.15, -0.1) is 12.4 Å². The lowest BCUT2D eigenvalue weighted by Gasteiger charge is -2.28. The number of phenolic OH excluding ortho intramolecular Hbond substituents is 1. The molecule has 0 aliphatic rings. The molecule has 0 bridgehead atoms. The first-order chi connectivity index (χ1) is 8.98. The number of hydrogen-bond donors (Lipinski definition) is 3. The zero-order chi connectivity index (χ0) is 15.7. The second-order valence-electron chi connectivity index (χ2n) is 7.65. The Labute approximate surface area is 135 Å². The van der Waals surface area contributed by atoms with Crippen molar-refractivity contribution in [3.05, 3.63) is 28.8 Å². The molecule has 0 saturated heterocycles. The van der Waals surface area contributed by atoms with E-state index in [0.717, 1.165) is 11.1 Å². The minimum atomic E-state index is -0.219. The minimum absolute atomic E-state index is 0. The summed E-state index contributed by atoms with van der Waals surface area (Å²) < 4.78 is 0. The van der Waals surface area contributed by atoms with Gasteiger partial charge in [0.2, 0.25) is 0 Å². The van der Waals surface area contributed by atoms with Crippen LogP contribution in [-0.4, -0.2) is 11.7 Å². The zero-order valence-electron chi connectivity index (χ0n) is 14.2. The van der Waals surface area contributed by atoms with Gasteiger partial charge in [0.05, 0.1) is 0 Å². The first kappa shape index (κ1) is 20.2. The van der Waals surface area contributed by atoms with Crippen LogP contribution in [0, 0.1) is 0 Å². The third-order valence-corrected chi connectivity index (χ3v) is 3.69. The molecule has 0 spiro atoms. The van der Waals surface area contributed by atoms with E-state index in [-0.39, 0.29) is 29.3 Å². The van der Waals surface area contributed by atoms with Crippen LogP contribution in [0.25, 0.3) is 0 Å². The van der Waals surface area contributed by atoms with Crippen molar-refractivity contribution in [3.63, 3.8) is 0 Å². The summed E-state index contributed by atoms with van der Waals surface area (Å²) in [5.74, 6) is 0.325. The van der Waals surface area contributed by atoms with E-state index in [1.54, 1.807) is 0 Å². The summed E-state index contributed by atoms with van der Waals surface area (Å²) >= 11 is 0. The number of rotatable bonds is 3. The standard InChI is InChI=1S/C17H30N2O.ClH/c1-16(2,3)11-9-12(14(19)7-8-18)15(20)13(10-11)17(4,5)6;/h9-10,14,20H,7-8,18-19H2,1-6H3;1H/t14-;/m1./s1. The fourth-order valence-electron chi connectivity index (χ4n) is 2.28. The zero-order valence-corrected chi connectivity index (χ0v) is 15.0. The molecule has 1 aromatic carbocycles. The van der Waals surface area contributed by atoms with Crippen LogP contribution in [0.15, 0.2) is 12.1 Å². The average molecular weight is 315 g/mol. The van der Waals surface area contributed by atoms with Crippen molar-refractivity contribution in [2.45, 2.75) is 64.8 Å². The van der Waals surface area contributed by atoms with Crippen molar-refractivity contribution in [2.24, 2.45) is 11.5 Å².